The van der Waals surface area contributed by atoms with E-state index in [4.69, 9.17) is 10.5 Å². The molecule has 0 radical (unpaired) electrons. The lowest BCUT2D eigenvalue weighted by atomic mass is 10.1. The summed E-state index contributed by atoms with van der Waals surface area (Å²) in [5.41, 5.74) is 9.51. The monoisotopic (exact) mass is 282 g/mol. The van der Waals surface area contributed by atoms with Crippen molar-refractivity contribution in [2.24, 2.45) is 0 Å². The molecule has 2 aromatic heterocycles. The van der Waals surface area contributed by atoms with Crippen LogP contribution in [0, 0.1) is 6.92 Å². The molecule has 5 nitrogen and oxygen atoms in total. The van der Waals surface area contributed by atoms with E-state index in [0.29, 0.717) is 18.0 Å². The Hall–Kier alpha value is -2.56. The standard InChI is InChI=1S/C16H18N4O/c1-3-8-21-14-10-12(4-5-13(14)17)16-19-18-15-9-11(2)6-7-20(15)16/h4-7,9-10H,3,8,17H2,1-2H3. The van der Waals surface area contributed by atoms with Gasteiger partial charge in [0.2, 0.25) is 0 Å². The van der Waals surface area contributed by atoms with Crippen molar-refractivity contribution in [2.75, 3.05) is 12.3 Å². The molecule has 2 N–H and O–H groups in total. The number of pyridine rings is 1. The molecule has 0 amide bonds. The number of hydrogen-bond acceptors (Lipinski definition) is 4. The maximum absolute atomic E-state index is 5.95. The maximum atomic E-state index is 5.95. The summed E-state index contributed by atoms with van der Waals surface area (Å²) in [4.78, 5) is 0. The van der Waals surface area contributed by atoms with E-state index in [-0.39, 0.29) is 0 Å². The van der Waals surface area contributed by atoms with Crippen LogP contribution in [0.5, 0.6) is 5.75 Å². The number of rotatable bonds is 4. The van der Waals surface area contributed by atoms with Crippen LogP contribution < -0.4 is 10.5 Å². The molecule has 0 spiro atoms. The number of fused-ring (bicyclic) bond motifs is 1. The summed E-state index contributed by atoms with van der Waals surface area (Å²) in [6.07, 6.45) is 2.92. The lowest BCUT2D eigenvalue weighted by Gasteiger charge is -2.09. The van der Waals surface area contributed by atoms with Crippen LogP contribution in [0.15, 0.2) is 36.5 Å². The number of nitrogens with two attached hydrogens (primary N) is 1. The minimum atomic E-state index is 0.636. The number of aryl methyl sites for hydroxylation is 1. The molecule has 108 valence electrons. The van der Waals surface area contributed by atoms with Crippen molar-refractivity contribution in [2.45, 2.75) is 20.3 Å². The molecule has 0 aliphatic carbocycles. The molecule has 0 atom stereocenters. The summed E-state index contributed by atoms with van der Waals surface area (Å²) >= 11 is 0. The number of nitrogen functional groups attached to an aromatic ring is 1. The fraction of sp³-hybridized carbons (Fsp3) is 0.250. The first-order valence-electron chi connectivity index (χ1n) is 7.03. The molecule has 0 aliphatic heterocycles. The molecule has 3 rings (SSSR count). The first kappa shape index (κ1) is 13.4. The van der Waals surface area contributed by atoms with E-state index in [0.717, 1.165) is 29.0 Å². The Balaban J connectivity index is 2.06. The van der Waals surface area contributed by atoms with Gasteiger partial charge in [0.1, 0.15) is 5.75 Å². The van der Waals surface area contributed by atoms with Gasteiger partial charge < -0.3 is 10.5 Å². The van der Waals surface area contributed by atoms with Crippen molar-refractivity contribution in [3.05, 3.63) is 42.1 Å². The minimum Gasteiger partial charge on any atom is -0.491 e. The molecule has 2 heterocycles. The van der Waals surface area contributed by atoms with E-state index >= 15 is 0 Å². The zero-order chi connectivity index (χ0) is 14.8. The quantitative estimate of drug-likeness (QED) is 0.747. The van der Waals surface area contributed by atoms with Gasteiger partial charge in [-0.25, -0.2) is 0 Å². The van der Waals surface area contributed by atoms with E-state index in [9.17, 15) is 0 Å². The van der Waals surface area contributed by atoms with Crippen LogP contribution in [-0.2, 0) is 0 Å². The largest absolute Gasteiger partial charge is 0.491 e. The van der Waals surface area contributed by atoms with Crippen LogP contribution in [0.1, 0.15) is 18.9 Å². The molecular weight excluding hydrogens is 264 g/mol. The van der Waals surface area contributed by atoms with Crippen LogP contribution in [0.4, 0.5) is 5.69 Å². The van der Waals surface area contributed by atoms with Gasteiger partial charge in [0.05, 0.1) is 12.3 Å². The highest BCUT2D eigenvalue weighted by atomic mass is 16.5. The average molecular weight is 282 g/mol. The molecule has 0 fully saturated rings. The summed E-state index contributed by atoms with van der Waals surface area (Å²) in [6.45, 7) is 4.75. The van der Waals surface area contributed by atoms with E-state index in [1.807, 2.05) is 47.9 Å². The molecular formula is C16H18N4O. The van der Waals surface area contributed by atoms with Gasteiger partial charge in [-0.3, -0.25) is 4.40 Å². The van der Waals surface area contributed by atoms with E-state index in [1.165, 1.54) is 0 Å². The maximum Gasteiger partial charge on any atom is 0.168 e. The lowest BCUT2D eigenvalue weighted by Crippen LogP contribution is -1.99. The molecule has 0 unspecified atom stereocenters. The van der Waals surface area contributed by atoms with Gasteiger partial charge in [-0.2, -0.15) is 0 Å². The van der Waals surface area contributed by atoms with E-state index in [1.54, 1.807) is 0 Å². The SMILES string of the molecule is CCCOc1cc(-c2nnc3cc(C)ccn23)ccc1N. The molecule has 3 aromatic rings. The number of anilines is 1. The van der Waals surface area contributed by atoms with E-state index in [2.05, 4.69) is 17.1 Å². The average Bonchev–Trinajstić information content (AvgIpc) is 2.89. The van der Waals surface area contributed by atoms with Crippen LogP contribution >= 0.6 is 0 Å². The Labute approximate surface area is 123 Å². The topological polar surface area (TPSA) is 65.4 Å². The summed E-state index contributed by atoms with van der Waals surface area (Å²) < 4.78 is 7.63. The summed E-state index contributed by atoms with van der Waals surface area (Å²) in [7, 11) is 0. The van der Waals surface area contributed by atoms with Crippen molar-refractivity contribution in [3.63, 3.8) is 0 Å². The van der Waals surface area contributed by atoms with Gasteiger partial charge >= 0.3 is 0 Å². The number of ether oxygens (including phenoxy) is 1. The van der Waals surface area contributed by atoms with E-state index < -0.39 is 0 Å². The molecule has 5 heteroatoms. The predicted molar refractivity (Wildman–Crippen MR) is 83.4 cm³/mol. The highest BCUT2D eigenvalue weighted by Crippen LogP contribution is 2.28. The van der Waals surface area contributed by atoms with Crippen molar-refractivity contribution in [1.82, 2.24) is 14.6 Å². The number of benzene rings is 1. The second kappa shape index (κ2) is 5.44. The molecule has 0 saturated carbocycles. The Kier molecular flexibility index (Phi) is 3.48. The highest BCUT2D eigenvalue weighted by Gasteiger charge is 2.10. The Morgan fingerprint density at radius 2 is 2.05 bits per heavy atom. The van der Waals surface area contributed by atoms with Crippen LogP contribution in [0.25, 0.3) is 17.0 Å². The van der Waals surface area contributed by atoms with Gasteiger partial charge in [0, 0.05) is 11.8 Å². The zero-order valence-electron chi connectivity index (χ0n) is 12.2. The first-order valence-corrected chi connectivity index (χ1v) is 7.03. The third-order valence-corrected chi connectivity index (χ3v) is 3.30. The van der Waals surface area contributed by atoms with Crippen molar-refractivity contribution in [3.8, 4) is 17.1 Å². The first-order chi connectivity index (χ1) is 10.2. The van der Waals surface area contributed by atoms with Gasteiger partial charge in [-0.15, -0.1) is 10.2 Å². The third kappa shape index (κ3) is 2.54. The second-order valence-corrected chi connectivity index (χ2v) is 5.06. The molecule has 21 heavy (non-hydrogen) atoms. The highest BCUT2D eigenvalue weighted by molar-refractivity contribution is 5.67. The van der Waals surface area contributed by atoms with Gasteiger partial charge in [0.15, 0.2) is 11.5 Å². The van der Waals surface area contributed by atoms with Crippen molar-refractivity contribution < 1.29 is 4.74 Å². The molecule has 0 saturated heterocycles. The van der Waals surface area contributed by atoms with Crippen LogP contribution in [0.2, 0.25) is 0 Å². The van der Waals surface area contributed by atoms with Gasteiger partial charge in [0.25, 0.3) is 0 Å². The Bertz CT molecular complexity index is 779. The molecule has 0 aliphatic rings. The van der Waals surface area contributed by atoms with Crippen molar-refractivity contribution >= 4 is 11.3 Å². The number of hydrogen-bond donors (Lipinski definition) is 1. The fourth-order valence-electron chi connectivity index (χ4n) is 2.20. The Morgan fingerprint density at radius 1 is 1.19 bits per heavy atom. The smallest absolute Gasteiger partial charge is 0.168 e. The third-order valence-electron chi connectivity index (χ3n) is 3.30. The Morgan fingerprint density at radius 3 is 2.86 bits per heavy atom. The number of nitrogens with zero attached hydrogens (tertiary/aromatic N) is 3. The molecule has 0 bridgehead atoms. The summed E-state index contributed by atoms with van der Waals surface area (Å²) in [6, 6.07) is 9.73. The predicted octanol–water partition coefficient (Wildman–Crippen LogP) is 3.08. The summed E-state index contributed by atoms with van der Waals surface area (Å²) in [5.74, 6) is 1.48. The molecule has 1 aromatic carbocycles. The van der Waals surface area contributed by atoms with Gasteiger partial charge in [-0.05, 0) is 49.2 Å². The zero-order valence-corrected chi connectivity index (χ0v) is 12.2. The lowest BCUT2D eigenvalue weighted by molar-refractivity contribution is 0.319. The summed E-state index contributed by atoms with van der Waals surface area (Å²) in [5, 5.41) is 8.49. The second-order valence-electron chi connectivity index (χ2n) is 5.06. The van der Waals surface area contributed by atoms with Crippen LogP contribution in [-0.4, -0.2) is 21.2 Å². The van der Waals surface area contributed by atoms with Gasteiger partial charge in [-0.1, -0.05) is 6.92 Å². The van der Waals surface area contributed by atoms with Crippen LogP contribution in [0.3, 0.4) is 0 Å². The van der Waals surface area contributed by atoms with Crippen molar-refractivity contribution in [1.29, 1.82) is 0 Å². The number of aromatic nitrogens is 3. The fourth-order valence-corrected chi connectivity index (χ4v) is 2.20. The normalized spacial score (nSPS) is 11.0. The minimum absolute atomic E-state index is 0.636.